The number of benzene rings is 2. The van der Waals surface area contributed by atoms with Gasteiger partial charge in [-0.25, -0.2) is 0 Å². The molecule has 2 fully saturated rings. The minimum absolute atomic E-state index is 0.115. The third kappa shape index (κ3) is 3.74. The lowest BCUT2D eigenvalue weighted by atomic mass is 9.73. The van der Waals surface area contributed by atoms with Gasteiger partial charge in [-0.3, -0.25) is 15.1 Å². The van der Waals surface area contributed by atoms with Crippen molar-refractivity contribution in [1.29, 1.82) is 5.41 Å². The number of amides is 1. The van der Waals surface area contributed by atoms with E-state index in [1.165, 1.54) is 35.7 Å². The van der Waals surface area contributed by atoms with Gasteiger partial charge in [0, 0.05) is 7.05 Å². The van der Waals surface area contributed by atoms with E-state index in [1.807, 2.05) is 24.3 Å². The van der Waals surface area contributed by atoms with Crippen LogP contribution < -0.4 is 10.1 Å². The highest BCUT2D eigenvalue weighted by Gasteiger charge is 2.48. The summed E-state index contributed by atoms with van der Waals surface area (Å²) in [5, 5.41) is 11.2. The molecule has 1 saturated heterocycles. The van der Waals surface area contributed by atoms with Gasteiger partial charge in [0.15, 0.2) is 5.96 Å². The number of rotatable bonds is 4. The van der Waals surface area contributed by atoms with Gasteiger partial charge in [-0.15, -0.1) is 13.2 Å². The lowest BCUT2D eigenvalue weighted by molar-refractivity contribution is -0.274. The summed E-state index contributed by atoms with van der Waals surface area (Å²) in [5.41, 5.74) is 1.25. The Morgan fingerprint density at radius 2 is 1.77 bits per heavy atom. The molecular formula is C22H22F3N3O2. The van der Waals surface area contributed by atoms with E-state index in [-0.39, 0.29) is 17.6 Å². The largest absolute Gasteiger partial charge is 0.573 e. The third-order valence-corrected chi connectivity index (χ3v) is 5.85. The van der Waals surface area contributed by atoms with Crippen molar-refractivity contribution in [3.8, 4) is 5.75 Å². The summed E-state index contributed by atoms with van der Waals surface area (Å²) in [7, 11) is 1.51. The molecule has 1 aliphatic carbocycles. The molecule has 1 saturated carbocycles. The molecule has 0 spiro atoms. The first-order chi connectivity index (χ1) is 14.1. The molecular weight excluding hydrogens is 395 g/mol. The van der Waals surface area contributed by atoms with Crippen LogP contribution in [0.2, 0.25) is 0 Å². The number of hydrogen-bond acceptors (Lipinski definition) is 3. The van der Waals surface area contributed by atoms with Crippen LogP contribution in [-0.4, -0.2) is 30.2 Å². The maximum absolute atomic E-state index is 13.2. The molecule has 2 atom stereocenters. The quantitative estimate of drug-likeness (QED) is 0.772. The highest BCUT2D eigenvalue weighted by molar-refractivity contribution is 6.02. The van der Waals surface area contributed by atoms with Crippen molar-refractivity contribution in [2.75, 3.05) is 7.05 Å². The number of carbonyl (C=O) groups excluding carboxylic acids is 1. The number of carbonyl (C=O) groups is 1. The highest BCUT2D eigenvalue weighted by Crippen LogP contribution is 2.44. The van der Waals surface area contributed by atoms with Gasteiger partial charge >= 0.3 is 6.36 Å². The van der Waals surface area contributed by atoms with Gasteiger partial charge in [-0.2, -0.15) is 0 Å². The fourth-order valence-electron chi connectivity index (χ4n) is 4.06. The van der Waals surface area contributed by atoms with Crippen LogP contribution in [-0.2, 0) is 10.3 Å². The average Bonchev–Trinajstić information content (AvgIpc) is 3.51. The number of alkyl halides is 3. The average molecular weight is 417 g/mol. The predicted octanol–water partition coefficient (Wildman–Crippen LogP) is 4.46. The number of ether oxygens (including phenoxy) is 1. The molecule has 2 aliphatic rings. The fourth-order valence-corrected chi connectivity index (χ4v) is 4.06. The van der Waals surface area contributed by atoms with Crippen LogP contribution in [0.4, 0.5) is 13.2 Å². The van der Waals surface area contributed by atoms with E-state index in [0.29, 0.717) is 11.5 Å². The number of hydrogen-bond donors (Lipinski definition) is 2. The van der Waals surface area contributed by atoms with Gasteiger partial charge in [0.1, 0.15) is 5.75 Å². The first-order valence-corrected chi connectivity index (χ1v) is 9.69. The Labute approximate surface area is 172 Å². The van der Waals surface area contributed by atoms with Gasteiger partial charge in [0.25, 0.3) is 0 Å². The van der Waals surface area contributed by atoms with E-state index < -0.39 is 17.8 Å². The Kier molecular flexibility index (Phi) is 4.75. The number of halogens is 3. The van der Waals surface area contributed by atoms with Crippen molar-refractivity contribution in [2.45, 2.75) is 43.5 Å². The molecule has 5 nitrogen and oxygen atoms in total. The lowest BCUT2D eigenvalue weighted by Crippen LogP contribution is -2.62. The SMILES string of the molecule is CN1C(=N)N[C@](C)(c2cccc(OC(F)(F)F)c2)[C@H](c2ccc(C3CC3)cc2)C1=O. The minimum atomic E-state index is -4.82. The Morgan fingerprint density at radius 1 is 1.13 bits per heavy atom. The Bertz CT molecular complexity index is 986. The first-order valence-electron chi connectivity index (χ1n) is 9.69. The second-order valence-electron chi connectivity index (χ2n) is 8.02. The summed E-state index contributed by atoms with van der Waals surface area (Å²) in [6.45, 7) is 1.72. The molecule has 4 rings (SSSR count). The summed E-state index contributed by atoms with van der Waals surface area (Å²) in [5.74, 6) is -0.953. The Morgan fingerprint density at radius 3 is 2.37 bits per heavy atom. The van der Waals surface area contributed by atoms with Crippen LogP contribution in [0.3, 0.4) is 0 Å². The fraction of sp³-hybridized carbons (Fsp3) is 0.364. The molecule has 0 aromatic heterocycles. The van der Waals surface area contributed by atoms with E-state index >= 15 is 0 Å². The summed E-state index contributed by atoms with van der Waals surface area (Å²) in [6, 6.07) is 13.4. The van der Waals surface area contributed by atoms with Crippen LogP contribution in [0.5, 0.6) is 5.75 Å². The van der Waals surface area contributed by atoms with E-state index in [0.717, 1.165) is 18.4 Å². The number of nitrogens with one attached hydrogen (secondary N) is 2. The monoisotopic (exact) mass is 417 g/mol. The number of likely N-dealkylation sites (N-methyl/N-ethyl adjacent to an activating group) is 1. The zero-order valence-corrected chi connectivity index (χ0v) is 16.6. The van der Waals surface area contributed by atoms with Crippen molar-refractivity contribution >= 4 is 11.9 Å². The van der Waals surface area contributed by atoms with E-state index in [1.54, 1.807) is 13.0 Å². The molecule has 158 valence electrons. The zero-order chi connectivity index (χ0) is 21.7. The molecule has 0 unspecified atom stereocenters. The second-order valence-corrected chi connectivity index (χ2v) is 8.02. The molecule has 1 aliphatic heterocycles. The summed E-state index contributed by atoms with van der Waals surface area (Å²) in [6.07, 6.45) is -2.50. The van der Waals surface area contributed by atoms with Crippen molar-refractivity contribution in [3.05, 3.63) is 65.2 Å². The lowest BCUT2D eigenvalue weighted by Gasteiger charge is -2.46. The van der Waals surface area contributed by atoms with Crippen molar-refractivity contribution in [2.24, 2.45) is 0 Å². The van der Waals surface area contributed by atoms with Gasteiger partial charge < -0.3 is 10.1 Å². The van der Waals surface area contributed by atoms with Gasteiger partial charge in [0.2, 0.25) is 5.91 Å². The van der Waals surface area contributed by atoms with E-state index in [2.05, 4.69) is 10.1 Å². The van der Waals surface area contributed by atoms with Crippen LogP contribution in [0.25, 0.3) is 0 Å². The molecule has 8 heteroatoms. The van der Waals surface area contributed by atoms with Crippen LogP contribution in [0.15, 0.2) is 48.5 Å². The van der Waals surface area contributed by atoms with Crippen molar-refractivity contribution < 1.29 is 22.7 Å². The summed E-state index contributed by atoms with van der Waals surface area (Å²) < 4.78 is 42.2. The Balaban J connectivity index is 1.76. The van der Waals surface area contributed by atoms with Crippen molar-refractivity contribution in [3.63, 3.8) is 0 Å². The van der Waals surface area contributed by atoms with E-state index in [9.17, 15) is 18.0 Å². The highest BCUT2D eigenvalue weighted by atomic mass is 19.4. The van der Waals surface area contributed by atoms with Gasteiger partial charge in [-0.05, 0) is 54.5 Å². The summed E-state index contributed by atoms with van der Waals surface area (Å²) in [4.78, 5) is 14.4. The zero-order valence-electron chi connectivity index (χ0n) is 16.6. The molecule has 2 aromatic rings. The van der Waals surface area contributed by atoms with E-state index in [4.69, 9.17) is 5.41 Å². The van der Waals surface area contributed by atoms with Gasteiger partial charge in [-0.1, -0.05) is 36.4 Å². The van der Waals surface area contributed by atoms with Gasteiger partial charge in [0.05, 0.1) is 11.5 Å². The molecule has 1 heterocycles. The Hall–Kier alpha value is -3.03. The standard InChI is InChI=1S/C22H22F3N3O2/c1-21(16-4-3-5-17(12-16)30-22(23,24)25)18(19(29)28(2)20(26)27-21)15-10-8-14(9-11-15)13-6-7-13/h3-5,8-13,18H,6-7H2,1-2H3,(H2,26,27)/t18-,21-/m1/s1. The predicted molar refractivity (Wildman–Crippen MR) is 105 cm³/mol. The number of nitrogens with zero attached hydrogens (tertiary/aromatic N) is 1. The smallest absolute Gasteiger partial charge is 0.406 e. The molecule has 2 aromatic carbocycles. The first kappa shape index (κ1) is 20.3. The maximum Gasteiger partial charge on any atom is 0.573 e. The summed E-state index contributed by atoms with van der Waals surface area (Å²) >= 11 is 0. The van der Waals surface area contributed by atoms with Crippen LogP contribution in [0, 0.1) is 5.41 Å². The molecule has 2 N–H and O–H groups in total. The minimum Gasteiger partial charge on any atom is -0.406 e. The topological polar surface area (TPSA) is 65.4 Å². The third-order valence-electron chi connectivity index (χ3n) is 5.85. The van der Waals surface area contributed by atoms with Crippen LogP contribution >= 0.6 is 0 Å². The van der Waals surface area contributed by atoms with Crippen LogP contribution in [0.1, 0.15) is 48.3 Å². The molecule has 0 radical (unpaired) electrons. The normalized spacial score (nSPS) is 24.6. The molecule has 30 heavy (non-hydrogen) atoms. The van der Waals surface area contributed by atoms with Crippen molar-refractivity contribution in [1.82, 2.24) is 10.2 Å². The second kappa shape index (κ2) is 7.04. The molecule has 0 bridgehead atoms. The maximum atomic E-state index is 13.2. The molecule has 1 amide bonds. The number of guanidine groups is 1.